The van der Waals surface area contributed by atoms with E-state index < -0.39 is 0 Å². The number of methoxy groups -OCH3 is 1. The second-order valence-electron chi connectivity index (χ2n) is 4.40. The summed E-state index contributed by atoms with van der Waals surface area (Å²) in [5.41, 5.74) is 1.34. The molecule has 0 fully saturated rings. The normalized spacial score (nSPS) is 12.4. The van der Waals surface area contributed by atoms with Gasteiger partial charge in [-0.15, -0.1) is 11.3 Å². The molecular weight excluding hydrogens is 322 g/mol. The van der Waals surface area contributed by atoms with Crippen molar-refractivity contribution in [2.24, 2.45) is 0 Å². The van der Waals surface area contributed by atoms with Crippen LogP contribution < -0.4 is 10.1 Å². The molecule has 1 heterocycles. The molecule has 1 atom stereocenters. The summed E-state index contributed by atoms with van der Waals surface area (Å²) >= 11 is 5.30. The smallest absolute Gasteiger partial charge is 0.118 e. The highest BCUT2D eigenvalue weighted by Gasteiger charge is 2.11. The Morgan fingerprint density at radius 2 is 2.05 bits per heavy atom. The maximum atomic E-state index is 5.17. The van der Waals surface area contributed by atoms with Crippen LogP contribution in [0, 0.1) is 0 Å². The largest absolute Gasteiger partial charge is 0.497 e. The number of halogens is 1. The SMILES string of the molecule is CNC(CCc1ccc(OC)cc1)c1cc(Br)cs1. The van der Waals surface area contributed by atoms with Crippen molar-refractivity contribution in [3.63, 3.8) is 0 Å². The first-order valence-corrected chi connectivity index (χ1v) is 7.94. The average Bonchev–Trinajstić information content (AvgIpc) is 2.87. The molecule has 0 saturated carbocycles. The van der Waals surface area contributed by atoms with Gasteiger partial charge in [0.25, 0.3) is 0 Å². The number of hydrogen-bond donors (Lipinski definition) is 1. The van der Waals surface area contributed by atoms with Crippen LogP contribution in [0.3, 0.4) is 0 Å². The van der Waals surface area contributed by atoms with Gasteiger partial charge in [-0.1, -0.05) is 12.1 Å². The Kier molecular flexibility index (Phi) is 5.43. The molecule has 1 aromatic carbocycles. The maximum Gasteiger partial charge on any atom is 0.118 e. The molecule has 0 aliphatic heterocycles. The molecule has 0 spiro atoms. The molecule has 1 aromatic heterocycles. The van der Waals surface area contributed by atoms with Gasteiger partial charge in [0.05, 0.1) is 7.11 Å². The quantitative estimate of drug-likeness (QED) is 0.841. The second-order valence-corrected chi connectivity index (χ2v) is 6.25. The van der Waals surface area contributed by atoms with Crippen LogP contribution in [0.1, 0.15) is 22.9 Å². The Labute approximate surface area is 126 Å². The third-order valence-corrected chi connectivity index (χ3v) is 4.97. The van der Waals surface area contributed by atoms with Crippen LogP contribution in [0.15, 0.2) is 40.2 Å². The molecule has 0 saturated heterocycles. The summed E-state index contributed by atoms with van der Waals surface area (Å²) in [6.45, 7) is 0. The van der Waals surface area contributed by atoms with E-state index in [2.05, 4.69) is 44.8 Å². The van der Waals surface area contributed by atoms with E-state index in [0.717, 1.165) is 23.1 Å². The van der Waals surface area contributed by atoms with E-state index in [1.165, 1.54) is 10.4 Å². The Hall–Kier alpha value is -0.840. The van der Waals surface area contributed by atoms with E-state index >= 15 is 0 Å². The molecule has 2 rings (SSSR count). The molecule has 2 nitrogen and oxygen atoms in total. The standard InChI is InChI=1S/C15H18BrNOS/c1-17-14(15-9-12(16)10-19-15)8-5-11-3-6-13(18-2)7-4-11/h3-4,6-7,9-10,14,17H,5,8H2,1-2H3. The van der Waals surface area contributed by atoms with E-state index in [-0.39, 0.29) is 0 Å². The van der Waals surface area contributed by atoms with Crippen molar-refractivity contribution in [3.8, 4) is 5.75 Å². The fourth-order valence-electron chi connectivity index (χ4n) is 2.04. The van der Waals surface area contributed by atoms with Gasteiger partial charge in [0, 0.05) is 20.8 Å². The van der Waals surface area contributed by atoms with E-state index in [4.69, 9.17) is 4.74 Å². The van der Waals surface area contributed by atoms with Crippen LogP contribution in [-0.4, -0.2) is 14.2 Å². The zero-order valence-corrected chi connectivity index (χ0v) is 13.6. The van der Waals surface area contributed by atoms with Gasteiger partial charge < -0.3 is 10.1 Å². The average molecular weight is 340 g/mol. The maximum absolute atomic E-state index is 5.17. The predicted molar refractivity (Wildman–Crippen MR) is 85.1 cm³/mol. The third kappa shape index (κ3) is 4.06. The topological polar surface area (TPSA) is 21.3 Å². The summed E-state index contributed by atoms with van der Waals surface area (Å²) < 4.78 is 6.34. The molecular formula is C15H18BrNOS. The van der Waals surface area contributed by atoms with Gasteiger partial charge in [-0.25, -0.2) is 0 Å². The van der Waals surface area contributed by atoms with Crippen LogP contribution in [0.4, 0.5) is 0 Å². The van der Waals surface area contributed by atoms with Crippen LogP contribution in [0.5, 0.6) is 5.75 Å². The van der Waals surface area contributed by atoms with Crippen molar-refractivity contribution in [3.05, 3.63) is 50.6 Å². The Morgan fingerprint density at radius 1 is 1.32 bits per heavy atom. The van der Waals surface area contributed by atoms with E-state index in [9.17, 15) is 0 Å². The lowest BCUT2D eigenvalue weighted by Crippen LogP contribution is -2.15. The molecule has 1 N–H and O–H groups in total. The lowest BCUT2D eigenvalue weighted by Gasteiger charge is -2.14. The molecule has 0 amide bonds. The van der Waals surface area contributed by atoms with Crippen LogP contribution >= 0.6 is 27.3 Å². The number of aryl methyl sites for hydroxylation is 1. The lowest BCUT2D eigenvalue weighted by atomic mass is 10.0. The van der Waals surface area contributed by atoms with E-state index in [0.29, 0.717) is 6.04 Å². The summed E-state index contributed by atoms with van der Waals surface area (Å²) in [4.78, 5) is 1.38. The number of benzene rings is 1. The van der Waals surface area contributed by atoms with Gasteiger partial charge in [0.2, 0.25) is 0 Å². The molecule has 1 unspecified atom stereocenters. The number of hydrogen-bond acceptors (Lipinski definition) is 3. The summed E-state index contributed by atoms with van der Waals surface area (Å²) in [6, 6.07) is 10.9. The van der Waals surface area contributed by atoms with Gasteiger partial charge >= 0.3 is 0 Å². The van der Waals surface area contributed by atoms with Crippen molar-refractivity contribution in [1.29, 1.82) is 0 Å². The Morgan fingerprint density at radius 3 is 2.58 bits per heavy atom. The fourth-order valence-corrected chi connectivity index (χ4v) is 3.63. The zero-order valence-electron chi connectivity index (χ0n) is 11.2. The number of nitrogens with one attached hydrogen (secondary N) is 1. The summed E-state index contributed by atoms with van der Waals surface area (Å²) in [7, 11) is 3.72. The second kappa shape index (κ2) is 7.08. The number of ether oxygens (including phenoxy) is 1. The van der Waals surface area contributed by atoms with Crippen LogP contribution in [0.25, 0.3) is 0 Å². The van der Waals surface area contributed by atoms with Gasteiger partial charge in [0.1, 0.15) is 5.75 Å². The van der Waals surface area contributed by atoms with Crippen molar-refractivity contribution in [2.45, 2.75) is 18.9 Å². The Balaban J connectivity index is 1.95. The lowest BCUT2D eigenvalue weighted by molar-refractivity contribution is 0.414. The van der Waals surface area contributed by atoms with E-state index in [1.807, 2.05) is 19.2 Å². The molecule has 2 aromatic rings. The summed E-state index contributed by atoms with van der Waals surface area (Å²) in [6.07, 6.45) is 2.15. The minimum atomic E-state index is 0.415. The zero-order chi connectivity index (χ0) is 13.7. The van der Waals surface area contributed by atoms with Crippen molar-refractivity contribution in [1.82, 2.24) is 5.32 Å². The number of thiophene rings is 1. The van der Waals surface area contributed by atoms with Gasteiger partial charge in [-0.2, -0.15) is 0 Å². The molecule has 0 aliphatic rings. The van der Waals surface area contributed by atoms with Gasteiger partial charge in [0.15, 0.2) is 0 Å². The van der Waals surface area contributed by atoms with Crippen molar-refractivity contribution in [2.75, 3.05) is 14.2 Å². The molecule has 102 valence electrons. The number of rotatable bonds is 6. The molecule has 0 radical (unpaired) electrons. The molecule has 0 bridgehead atoms. The van der Waals surface area contributed by atoms with Gasteiger partial charge in [-0.3, -0.25) is 0 Å². The minimum absolute atomic E-state index is 0.415. The fraction of sp³-hybridized carbons (Fsp3) is 0.333. The summed E-state index contributed by atoms with van der Waals surface area (Å²) in [5.74, 6) is 0.913. The first kappa shape index (κ1) is 14.6. The highest BCUT2D eigenvalue weighted by molar-refractivity contribution is 9.10. The predicted octanol–water partition coefficient (Wildman–Crippen LogP) is 4.41. The van der Waals surface area contributed by atoms with Crippen molar-refractivity contribution >= 4 is 27.3 Å². The monoisotopic (exact) mass is 339 g/mol. The molecule has 19 heavy (non-hydrogen) atoms. The minimum Gasteiger partial charge on any atom is -0.497 e. The Bertz CT molecular complexity index is 509. The van der Waals surface area contributed by atoms with E-state index in [1.54, 1.807) is 18.4 Å². The summed E-state index contributed by atoms with van der Waals surface area (Å²) in [5, 5.41) is 5.52. The highest BCUT2D eigenvalue weighted by Crippen LogP contribution is 2.28. The molecule has 4 heteroatoms. The highest BCUT2D eigenvalue weighted by atomic mass is 79.9. The van der Waals surface area contributed by atoms with Crippen LogP contribution in [-0.2, 0) is 6.42 Å². The first-order chi connectivity index (χ1) is 9.22. The van der Waals surface area contributed by atoms with Gasteiger partial charge in [-0.05, 0) is 59.6 Å². The first-order valence-electron chi connectivity index (χ1n) is 6.27. The molecule has 0 aliphatic carbocycles. The van der Waals surface area contributed by atoms with Crippen LogP contribution in [0.2, 0.25) is 0 Å². The van der Waals surface area contributed by atoms with Crippen molar-refractivity contribution < 1.29 is 4.74 Å². The third-order valence-electron chi connectivity index (χ3n) is 3.16.